The first-order valence-corrected chi connectivity index (χ1v) is 12.8. The van der Waals surface area contributed by atoms with Crippen LogP contribution in [0.4, 0.5) is 0 Å². The van der Waals surface area contributed by atoms with Crippen LogP contribution in [-0.4, -0.2) is 60.4 Å². The number of carboxylic acid groups (broad SMARTS) is 2. The maximum absolute atomic E-state index is 10.4. The van der Waals surface area contributed by atoms with Gasteiger partial charge in [0.2, 0.25) is 0 Å². The van der Waals surface area contributed by atoms with Gasteiger partial charge in [-0.25, -0.2) is 0 Å². The summed E-state index contributed by atoms with van der Waals surface area (Å²) in [7, 11) is 0. The number of hydrogen-bond acceptors (Lipinski definition) is 9. The van der Waals surface area contributed by atoms with Crippen molar-refractivity contribution in [2.24, 2.45) is 0 Å². The maximum Gasteiger partial charge on any atom is 2.00 e. The monoisotopic (exact) mass is 700 g/mol. The van der Waals surface area contributed by atoms with E-state index < -0.39 is 18.5 Å². The summed E-state index contributed by atoms with van der Waals surface area (Å²) < 4.78 is 4.71. The molecule has 0 unspecified atom stereocenters. The van der Waals surface area contributed by atoms with Gasteiger partial charge in [-0.1, -0.05) is 60.7 Å². The Morgan fingerprint density at radius 2 is 0.896 bits per heavy atom. The number of aliphatic carboxylic acids is 1. The molecule has 1 radical (unpaired) electrons. The zero-order valence-corrected chi connectivity index (χ0v) is 26.2. The fourth-order valence-electron chi connectivity index (χ4n) is 4.21. The summed E-state index contributed by atoms with van der Waals surface area (Å²) in [5.74, 6) is -2.57. The van der Waals surface area contributed by atoms with Gasteiger partial charge >= 0.3 is 17.1 Å². The molecule has 0 aliphatic carbocycles. The molecule has 0 atom stereocenters. The Labute approximate surface area is 283 Å². The van der Waals surface area contributed by atoms with Gasteiger partial charge in [0.15, 0.2) is 0 Å². The SMILES string of the molecule is O.O.O.O.O=C([O-])COc1cccc(C(=O)[O-])c1.[Mn+2].[OH3+].c1cnc2c(c1)ccc1cccnc12.c1cnc2c(c1)ccc1cccnc12. The van der Waals surface area contributed by atoms with E-state index in [1.165, 1.54) is 24.3 Å². The van der Waals surface area contributed by atoms with E-state index in [1.54, 1.807) is 24.8 Å². The van der Waals surface area contributed by atoms with Crippen LogP contribution in [0.2, 0.25) is 0 Å². The van der Waals surface area contributed by atoms with E-state index in [9.17, 15) is 19.8 Å². The van der Waals surface area contributed by atoms with Crippen LogP contribution >= 0.6 is 0 Å². The van der Waals surface area contributed by atoms with Gasteiger partial charge in [-0.3, -0.25) is 19.9 Å². The molecule has 14 nitrogen and oxygen atoms in total. The zero-order valence-electron chi connectivity index (χ0n) is 25.0. The molecule has 3 aromatic carbocycles. The van der Waals surface area contributed by atoms with Gasteiger partial charge in [0.1, 0.15) is 12.4 Å². The number of pyridine rings is 4. The number of aromatic carboxylic acids is 1. The maximum atomic E-state index is 10.4. The number of carbonyl (C=O) groups excluding carboxylic acids is 2. The number of nitrogens with zero attached hydrogens (tertiary/aromatic N) is 4. The molecule has 0 bridgehead atoms. The van der Waals surface area contributed by atoms with Crippen molar-refractivity contribution < 1.29 is 69.0 Å². The topological polar surface area (TPSA) is 300 Å². The molecule has 0 aliphatic heterocycles. The van der Waals surface area contributed by atoms with Crippen molar-refractivity contribution in [1.82, 2.24) is 19.9 Å². The van der Waals surface area contributed by atoms with Crippen LogP contribution in [0.15, 0.2) is 122 Å². The van der Waals surface area contributed by atoms with Gasteiger partial charge < -0.3 is 51.9 Å². The molecule has 0 saturated carbocycles. The van der Waals surface area contributed by atoms with Crippen molar-refractivity contribution in [3.05, 3.63) is 127 Å². The first-order chi connectivity index (χ1) is 20.5. The standard InChI is InChI=1S/2C12H8N2.C9H8O5.Mn.5H2O/c2*1-3-9-5-6-10-4-2-8-14-12(10)11(9)13-7-1;10-8(11)5-14-7-3-1-2-6(4-7)9(12)13;;;;;;/h2*1-8H;1-4H,5H2,(H,10,11)(H,12,13);;5*1H2/q;;;+2;;;;;/p-1. The van der Waals surface area contributed by atoms with Crippen LogP contribution in [0.25, 0.3) is 43.6 Å². The van der Waals surface area contributed by atoms with Crippen LogP contribution in [0.5, 0.6) is 5.75 Å². The molecular weight excluding hydrogens is 667 g/mol. The summed E-state index contributed by atoms with van der Waals surface area (Å²) in [6.07, 6.45) is 7.21. The number of fused-ring (bicyclic) bond motifs is 6. The van der Waals surface area contributed by atoms with E-state index in [2.05, 4.69) is 68.5 Å². The Bertz CT molecular complexity index is 1830. The van der Waals surface area contributed by atoms with Gasteiger partial charge in [-0.2, -0.15) is 0 Å². The van der Waals surface area contributed by atoms with Crippen molar-refractivity contribution in [1.29, 1.82) is 0 Å². The Kier molecular flexibility index (Phi) is 19.7. The Morgan fingerprint density at radius 1 is 0.542 bits per heavy atom. The van der Waals surface area contributed by atoms with Crippen molar-refractivity contribution >= 4 is 55.6 Å². The molecule has 251 valence electrons. The molecule has 11 N–H and O–H groups in total. The molecule has 4 heterocycles. The van der Waals surface area contributed by atoms with E-state index in [0.717, 1.165) is 43.6 Å². The second-order valence-corrected chi connectivity index (χ2v) is 8.91. The number of aromatic nitrogens is 4. The minimum Gasteiger partial charge on any atom is -0.546 e. The van der Waals surface area contributed by atoms with Gasteiger partial charge in [0.25, 0.3) is 0 Å². The number of carboxylic acids is 2. The number of rotatable bonds is 4. The second kappa shape index (κ2) is 21.2. The third-order valence-electron chi connectivity index (χ3n) is 6.12. The van der Waals surface area contributed by atoms with E-state index in [-0.39, 0.29) is 55.8 Å². The molecule has 0 amide bonds. The van der Waals surface area contributed by atoms with Gasteiger partial charge in [-0.15, -0.1) is 0 Å². The van der Waals surface area contributed by atoms with Gasteiger partial charge in [0.05, 0.1) is 34.0 Å². The molecule has 7 aromatic rings. The van der Waals surface area contributed by atoms with E-state index in [4.69, 9.17) is 4.74 Å². The summed E-state index contributed by atoms with van der Waals surface area (Å²) in [5, 5.41) is 25.0. The Morgan fingerprint density at radius 3 is 1.21 bits per heavy atom. The largest absolute Gasteiger partial charge is 2.00 e. The third-order valence-corrected chi connectivity index (χ3v) is 6.12. The molecule has 15 heteroatoms. The van der Waals surface area contributed by atoms with Gasteiger partial charge in [0, 0.05) is 51.9 Å². The molecule has 0 saturated heterocycles. The number of carbonyl (C=O) groups is 2. The van der Waals surface area contributed by atoms with Crippen LogP contribution in [0.1, 0.15) is 10.4 Å². The summed E-state index contributed by atoms with van der Waals surface area (Å²) in [4.78, 5) is 37.8. The quantitative estimate of drug-likeness (QED) is 0.130. The number of ether oxygens (including phenoxy) is 1. The minimum absolute atomic E-state index is 0. The van der Waals surface area contributed by atoms with Crippen molar-refractivity contribution in [2.45, 2.75) is 0 Å². The first-order valence-electron chi connectivity index (χ1n) is 12.8. The average Bonchev–Trinajstić information content (AvgIpc) is 3.04. The summed E-state index contributed by atoms with van der Waals surface area (Å²) in [6, 6.07) is 29.6. The molecule has 0 spiro atoms. The van der Waals surface area contributed by atoms with Crippen LogP contribution in [0.3, 0.4) is 0 Å². The molecule has 48 heavy (non-hydrogen) atoms. The molecule has 4 aromatic heterocycles. The fourth-order valence-corrected chi connectivity index (χ4v) is 4.21. The Balaban J connectivity index is 0. The average molecular weight is 701 g/mol. The van der Waals surface area contributed by atoms with E-state index >= 15 is 0 Å². The minimum atomic E-state index is -1.37. The van der Waals surface area contributed by atoms with Crippen molar-refractivity contribution in [3.63, 3.8) is 0 Å². The molecule has 0 fully saturated rings. The normalized spacial score (nSPS) is 9.08. The molecule has 0 aliphatic rings. The number of hydrogen-bond donors (Lipinski definition) is 0. The van der Waals surface area contributed by atoms with Crippen LogP contribution in [0, 0.1) is 0 Å². The summed E-state index contributed by atoms with van der Waals surface area (Å²) in [5.41, 5.74) is 3.84. The van der Waals surface area contributed by atoms with Crippen molar-refractivity contribution in [3.8, 4) is 5.75 Å². The van der Waals surface area contributed by atoms with Crippen molar-refractivity contribution in [2.75, 3.05) is 6.61 Å². The molecule has 7 rings (SSSR count). The Hall–Kier alpha value is -5.64. The predicted octanol–water partition coefficient (Wildman–Crippen LogP) is -0.478. The van der Waals surface area contributed by atoms with Crippen LogP contribution in [-0.2, 0) is 27.3 Å². The van der Waals surface area contributed by atoms with E-state index in [1.807, 2.05) is 24.3 Å². The third kappa shape index (κ3) is 11.0. The summed E-state index contributed by atoms with van der Waals surface area (Å²) >= 11 is 0. The smallest absolute Gasteiger partial charge is 0.546 e. The predicted molar refractivity (Wildman–Crippen MR) is 175 cm³/mol. The zero-order chi connectivity index (χ0) is 29.3. The van der Waals surface area contributed by atoms with E-state index in [0.29, 0.717) is 0 Å². The van der Waals surface area contributed by atoms with Crippen LogP contribution < -0.4 is 14.9 Å². The number of benzene rings is 3. The first kappa shape index (κ1) is 44.5. The fraction of sp³-hybridized carbons (Fsp3) is 0.0303. The van der Waals surface area contributed by atoms with Gasteiger partial charge in [-0.05, 0) is 36.4 Å². The second-order valence-electron chi connectivity index (χ2n) is 8.91. The summed E-state index contributed by atoms with van der Waals surface area (Å²) in [6.45, 7) is -0.615. The molecular formula is C33H33MnN4O10+.